The van der Waals surface area contributed by atoms with Crippen LogP contribution in [0.25, 0.3) is 0 Å². The first-order valence-corrected chi connectivity index (χ1v) is 11.8. The predicted molar refractivity (Wildman–Crippen MR) is 116 cm³/mol. The lowest BCUT2D eigenvalue weighted by Crippen LogP contribution is -2.28. The predicted octanol–water partition coefficient (Wildman–Crippen LogP) is 5.25. The molecule has 5 heteroatoms. The van der Waals surface area contributed by atoms with Crippen molar-refractivity contribution in [3.63, 3.8) is 0 Å². The third kappa shape index (κ3) is 4.95. The van der Waals surface area contributed by atoms with E-state index in [4.69, 9.17) is 0 Å². The fourth-order valence-corrected chi connectivity index (χ4v) is 5.07. The summed E-state index contributed by atoms with van der Waals surface area (Å²) in [6, 6.07) is 15.5. The molecule has 1 saturated heterocycles. The van der Waals surface area contributed by atoms with E-state index in [9.17, 15) is 8.42 Å². The van der Waals surface area contributed by atoms with Crippen molar-refractivity contribution in [2.75, 3.05) is 11.3 Å². The van der Waals surface area contributed by atoms with E-state index in [1.807, 2.05) is 24.3 Å². The second-order valence-electron chi connectivity index (χ2n) is 8.05. The minimum atomic E-state index is -3.58. The zero-order chi connectivity index (χ0) is 20.1. The van der Waals surface area contributed by atoms with Crippen molar-refractivity contribution in [3.8, 4) is 0 Å². The van der Waals surface area contributed by atoms with Crippen LogP contribution in [0.5, 0.6) is 0 Å². The third-order valence-corrected chi connectivity index (χ3v) is 7.03. The van der Waals surface area contributed by atoms with Crippen molar-refractivity contribution in [1.29, 1.82) is 0 Å². The fourth-order valence-electron chi connectivity index (χ4n) is 4.01. The van der Waals surface area contributed by atoms with E-state index in [1.54, 1.807) is 12.1 Å². The molecular formula is C23H32N2O2S. The molecule has 2 N–H and O–H groups in total. The van der Waals surface area contributed by atoms with Crippen LogP contribution in [0.4, 0.5) is 5.69 Å². The molecule has 0 amide bonds. The van der Waals surface area contributed by atoms with E-state index < -0.39 is 10.0 Å². The van der Waals surface area contributed by atoms with Crippen molar-refractivity contribution in [3.05, 3.63) is 59.7 Å². The van der Waals surface area contributed by atoms with Gasteiger partial charge < -0.3 is 5.32 Å². The Morgan fingerprint density at radius 3 is 2.21 bits per heavy atom. The molecule has 2 aromatic carbocycles. The van der Waals surface area contributed by atoms with Crippen LogP contribution in [-0.4, -0.2) is 21.0 Å². The molecule has 0 aromatic heterocycles. The van der Waals surface area contributed by atoms with Crippen LogP contribution in [0.1, 0.15) is 69.4 Å². The average molecular weight is 401 g/mol. The molecular weight excluding hydrogens is 368 g/mol. The molecule has 0 aliphatic carbocycles. The maximum atomic E-state index is 12.7. The number of sulfonamides is 1. The zero-order valence-electron chi connectivity index (χ0n) is 17.1. The van der Waals surface area contributed by atoms with Gasteiger partial charge in [-0.1, -0.05) is 51.5 Å². The van der Waals surface area contributed by atoms with E-state index in [-0.39, 0.29) is 0 Å². The molecule has 28 heavy (non-hydrogen) atoms. The summed E-state index contributed by atoms with van der Waals surface area (Å²) in [7, 11) is -3.58. The second-order valence-corrected chi connectivity index (χ2v) is 9.73. The van der Waals surface area contributed by atoms with Gasteiger partial charge in [0.25, 0.3) is 10.0 Å². The standard InChI is InChI=1S/C23H32N2O2S/c1-4-6-22(23-7-5-16-24-23)19-8-12-20(13-9-19)25-28(26,27)21-14-10-18(11-15-21)17(2)3/h8-15,17,22-25H,4-7,16H2,1-3H3. The quantitative estimate of drug-likeness (QED) is 0.636. The van der Waals surface area contributed by atoms with Crippen molar-refractivity contribution in [2.45, 2.75) is 69.2 Å². The molecule has 2 unspecified atom stereocenters. The topological polar surface area (TPSA) is 58.2 Å². The summed E-state index contributed by atoms with van der Waals surface area (Å²) >= 11 is 0. The molecule has 3 rings (SSSR count). The lowest BCUT2D eigenvalue weighted by atomic mass is 9.87. The normalized spacial score (nSPS) is 18.4. The van der Waals surface area contributed by atoms with Gasteiger partial charge in [0.1, 0.15) is 0 Å². The Hall–Kier alpha value is -1.85. The highest BCUT2D eigenvalue weighted by molar-refractivity contribution is 7.92. The number of hydrogen-bond acceptors (Lipinski definition) is 3. The van der Waals surface area contributed by atoms with Gasteiger partial charge in [0.15, 0.2) is 0 Å². The Kier molecular flexibility index (Phi) is 6.78. The van der Waals surface area contributed by atoms with Crippen molar-refractivity contribution >= 4 is 15.7 Å². The average Bonchev–Trinajstić information content (AvgIpc) is 3.21. The zero-order valence-corrected chi connectivity index (χ0v) is 17.9. The molecule has 4 nitrogen and oxygen atoms in total. The van der Waals surface area contributed by atoms with Crippen LogP contribution in [0.3, 0.4) is 0 Å². The molecule has 1 aliphatic heterocycles. The molecule has 152 valence electrons. The van der Waals surface area contributed by atoms with Gasteiger partial charge in [0.05, 0.1) is 4.90 Å². The molecule has 0 spiro atoms. The highest BCUT2D eigenvalue weighted by Gasteiger charge is 2.25. The van der Waals surface area contributed by atoms with Crippen molar-refractivity contribution in [2.24, 2.45) is 0 Å². The summed E-state index contributed by atoms with van der Waals surface area (Å²) < 4.78 is 28.1. The summed E-state index contributed by atoms with van der Waals surface area (Å²) in [5.41, 5.74) is 3.02. The lowest BCUT2D eigenvalue weighted by Gasteiger charge is -2.24. The highest BCUT2D eigenvalue weighted by atomic mass is 32.2. The van der Waals surface area contributed by atoms with Crippen LogP contribution in [-0.2, 0) is 10.0 Å². The Bertz CT molecular complexity index is 852. The van der Waals surface area contributed by atoms with E-state index in [2.05, 4.69) is 42.9 Å². The number of hydrogen-bond donors (Lipinski definition) is 2. The number of nitrogens with one attached hydrogen (secondary N) is 2. The van der Waals surface area contributed by atoms with E-state index >= 15 is 0 Å². The molecule has 0 radical (unpaired) electrons. The summed E-state index contributed by atoms with van der Waals surface area (Å²) in [5, 5.41) is 3.62. The summed E-state index contributed by atoms with van der Waals surface area (Å²) in [6.07, 6.45) is 4.73. The third-order valence-electron chi connectivity index (χ3n) is 5.63. The van der Waals surface area contributed by atoms with E-state index in [0.717, 1.165) is 24.9 Å². The fraction of sp³-hybridized carbons (Fsp3) is 0.478. The Labute approximate surface area is 169 Å². The second kappa shape index (κ2) is 9.10. The maximum absolute atomic E-state index is 12.7. The summed E-state index contributed by atoms with van der Waals surface area (Å²) in [5.74, 6) is 0.865. The summed E-state index contributed by atoms with van der Waals surface area (Å²) in [6.45, 7) is 7.50. The minimum Gasteiger partial charge on any atom is -0.313 e. The molecule has 1 heterocycles. The van der Waals surface area contributed by atoms with Gasteiger partial charge in [-0.3, -0.25) is 4.72 Å². The monoisotopic (exact) mass is 400 g/mol. The van der Waals surface area contributed by atoms with Crippen LogP contribution >= 0.6 is 0 Å². The summed E-state index contributed by atoms with van der Waals surface area (Å²) in [4.78, 5) is 0.292. The Morgan fingerprint density at radius 2 is 1.68 bits per heavy atom. The van der Waals surface area contributed by atoms with Gasteiger partial charge in [0, 0.05) is 11.7 Å². The van der Waals surface area contributed by atoms with Crippen molar-refractivity contribution < 1.29 is 8.42 Å². The first kappa shape index (κ1) is 20.9. The van der Waals surface area contributed by atoms with Gasteiger partial charge >= 0.3 is 0 Å². The maximum Gasteiger partial charge on any atom is 0.261 e. The van der Waals surface area contributed by atoms with Gasteiger partial charge in [-0.2, -0.15) is 0 Å². The molecule has 1 aliphatic rings. The first-order valence-electron chi connectivity index (χ1n) is 10.4. The first-order chi connectivity index (χ1) is 13.4. The number of rotatable bonds is 8. The SMILES string of the molecule is CCCC(c1ccc(NS(=O)(=O)c2ccc(C(C)C)cc2)cc1)C1CCCN1. The molecule has 0 saturated carbocycles. The Balaban J connectivity index is 1.73. The van der Waals surface area contributed by atoms with Crippen LogP contribution < -0.4 is 10.0 Å². The molecule has 1 fully saturated rings. The van der Waals surface area contributed by atoms with E-state index in [1.165, 1.54) is 18.4 Å². The molecule has 2 aromatic rings. The van der Waals surface area contributed by atoms with Gasteiger partial charge in [-0.15, -0.1) is 0 Å². The van der Waals surface area contributed by atoms with E-state index in [0.29, 0.717) is 28.5 Å². The van der Waals surface area contributed by atoms with Crippen molar-refractivity contribution in [1.82, 2.24) is 5.32 Å². The van der Waals surface area contributed by atoms with Crippen LogP contribution in [0, 0.1) is 0 Å². The van der Waals surface area contributed by atoms with Gasteiger partial charge in [0.2, 0.25) is 0 Å². The number of benzene rings is 2. The lowest BCUT2D eigenvalue weighted by molar-refractivity contribution is 0.458. The molecule has 0 bridgehead atoms. The Morgan fingerprint density at radius 1 is 1.04 bits per heavy atom. The molecule has 2 atom stereocenters. The minimum absolute atomic E-state index is 0.292. The van der Waals surface area contributed by atoms with Crippen LogP contribution in [0.2, 0.25) is 0 Å². The van der Waals surface area contributed by atoms with Gasteiger partial charge in [-0.05, 0) is 73.0 Å². The van der Waals surface area contributed by atoms with Crippen LogP contribution in [0.15, 0.2) is 53.4 Å². The largest absolute Gasteiger partial charge is 0.313 e. The smallest absolute Gasteiger partial charge is 0.261 e. The highest BCUT2D eigenvalue weighted by Crippen LogP contribution is 2.31. The van der Waals surface area contributed by atoms with Gasteiger partial charge in [-0.25, -0.2) is 8.42 Å². The number of anilines is 1.